The molecule has 2 aromatic carbocycles. The van der Waals surface area contributed by atoms with Crippen molar-refractivity contribution >= 4 is 34.6 Å². The van der Waals surface area contributed by atoms with E-state index in [0.717, 1.165) is 16.6 Å². The lowest BCUT2D eigenvalue weighted by Gasteiger charge is -2.38. The second kappa shape index (κ2) is 6.42. The summed E-state index contributed by atoms with van der Waals surface area (Å²) in [5.74, 6) is -0.241. The van der Waals surface area contributed by atoms with Crippen molar-refractivity contribution in [2.75, 3.05) is 0 Å². The van der Waals surface area contributed by atoms with E-state index in [1.165, 1.54) is 0 Å². The van der Waals surface area contributed by atoms with Gasteiger partial charge in [-0.05, 0) is 30.2 Å². The molecule has 0 saturated carbocycles. The van der Waals surface area contributed by atoms with Gasteiger partial charge in [-0.15, -0.1) is 0 Å². The van der Waals surface area contributed by atoms with Gasteiger partial charge < -0.3 is 4.57 Å². The van der Waals surface area contributed by atoms with Gasteiger partial charge in [0.1, 0.15) is 5.25 Å². The maximum absolute atomic E-state index is 13.8. The van der Waals surface area contributed by atoms with Crippen molar-refractivity contribution in [3.63, 3.8) is 0 Å². The molecule has 4 rings (SSSR count). The summed E-state index contributed by atoms with van der Waals surface area (Å²) in [5.41, 5.74) is 2.38. The van der Waals surface area contributed by atoms with Gasteiger partial charge in [0.05, 0.1) is 4.90 Å². The molecule has 0 bridgehead atoms. The molecule has 3 aromatic rings. The van der Waals surface area contributed by atoms with Gasteiger partial charge in [0.2, 0.25) is 0 Å². The van der Waals surface area contributed by atoms with Crippen LogP contribution >= 0.6 is 0 Å². The number of aryl methyl sites for hydroxylation is 1. The van der Waals surface area contributed by atoms with E-state index in [-0.39, 0.29) is 16.2 Å². The Labute approximate surface area is 167 Å². The van der Waals surface area contributed by atoms with Crippen LogP contribution in [0, 0.1) is 0 Å². The van der Waals surface area contributed by atoms with E-state index in [0.29, 0.717) is 12.0 Å². The van der Waals surface area contributed by atoms with E-state index in [4.69, 9.17) is 0 Å². The van der Waals surface area contributed by atoms with Gasteiger partial charge in [0.15, 0.2) is 15.6 Å². The van der Waals surface area contributed by atoms with E-state index in [1.54, 1.807) is 30.3 Å². The fraction of sp³-hybridized carbons (Fsp3) is 0.318. The number of Topliss-reactive ketones (excluding diaryl/α,β-unsaturated/α-hetero) is 1. The van der Waals surface area contributed by atoms with Crippen LogP contribution in [0.4, 0.5) is 0 Å². The molecule has 4 nitrogen and oxygen atoms in total. The molecular weight excluding hydrogens is 386 g/mol. The van der Waals surface area contributed by atoms with Crippen LogP contribution in [0.5, 0.6) is 0 Å². The highest BCUT2D eigenvalue weighted by Gasteiger charge is 2.50. The van der Waals surface area contributed by atoms with Gasteiger partial charge in [-0.1, -0.05) is 56.0 Å². The molecule has 1 aliphatic rings. The normalized spacial score (nSPS) is 20.4. The third-order valence-electron chi connectivity index (χ3n) is 6.03. The Morgan fingerprint density at radius 3 is 2.21 bits per heavy atom. The van der Waals surface area contributed by atoms with Crippen LogP contribution in [-0.4, -0.2) is 32.1 Å². The number of rotatable bonds is 3. The molecule has 0 aliphatic heterocycles. The van der Waals surface area contributed by atoms with Gasteiger partial charge in [0, 0.05) is 37.3 Å². The predicted molar refractivity (Wildman–Crippen MR) is 115 cm³/mol. The maximum atomic E-state index is 13.8. The predicted octanol–water partition coefficient (Wildman–Crippen LogP) is 4.47. The van der Waals surface area contributed by atoms with Gasteiger partial charge in [-0.2, -0.15) is 0 Å². The summed E-state index contributed by atoms with van der Waals surface area (Å²) in [4.78, 5) is 14.0. The van der Waals surface area contributed by atoms with Crippen molar-refractivity contribution in [1.82, 2.24) is 4.57 Å². The molecule has 146 valence electrons. The van der Waals surface area contributed by atoms with Crippen molar-refractivity contribution in [2.24, 2.45) is 7.05 Å². The molecule has 28 heavy (non-hydrogen) atoms. The first-order valence-electron chi connectivity index (χ1n) is 9.53. The number of ketones is 1. The molecule has 1 heterocycles. The summed E-state index contributed by atoms with van der Waals surface area (Å²) >= 11 is 0. The number of carbonyl (C=O) groups excluding carboxylic acids is 1. The molecular formula is C22H25NO3SSi. The fourth-order valence-corrected chi connectivity index (χ4v) is 9.86. The summed E-state index contributed by atoms with van der Waals surface area (Å²) in [6, 6.07) is 16.2. The Kier molecular flexibility index (Phi) is 4.39. The summed E-state index contributed by atoms with van der Waals surface area (Å²) in [7, 11) is -3.75. The molecule has 0 unspecified atom stereocenters. The van der Waals surface area contributed by atoms with Gasteiger partial charge in [-0.25, -0.2) is 8.42 Å². The van der Waals surface area contributed by atoms with Crippen LogP contribution in [0.1, 0.15) is 16.1 Å². The Bertz CT molecular complexity index is 1170. The fourth-order valence-electron chi connectivity index (χ4n) is 4.47. The second-order valence-electron chi connectivity index (χ2n) is 8.72. The number of para-hydroxylation sites is 1. The van der Waals surface area contributed by atoms with Crippen LogP contribution in [0.3, 0.4) is 0 Å². The third-order valence-corrected chi connectivity index (χ3v) is 11.2. The van der Waals surface area contributed by atoms with E-state index >= 15 is 0 Å². The Morgan fingerprint density at radius 2 is 1.57 bits per heavy atom. The van der Waals surface area contributed by atoms with Crippen molar-refractivity contribution in [1.29, 1.82) is 0 Å². The second-order valence-corrected chi connectivity index (χ2v) is 16.3. The number of carbonyl (C=O) groups is 1. The van der Waals surface area contributed by atoms with Crippen molar-refractivity contribution < 1.29 is 13.2 Å². The number of nitrogens with zero attached hydrogens (tertiary/aromatic N) is 1. The first-order valence-corrected chi connectivity index (χ1v) is 14.7. The molecule has 0 fully saturated rings. The van der Waals surface area contributed by atoms with Crippen molar-refractivity contribution in [2.45, 2.75) is 41.7 Å². The molecule has 0 N–H and O–H groups in total. The average molecular weight is 412 g/mol. The number of benzene rings is 2. The monoisotopic (exact) mass is 411 g/mol. The van der Waals surface area contributed by atoms with E-state index in [2.05, 4.69) is 24.2 Å². The maximum Gasteiger partial charge on any atom is 0.188 e. The topological polar surface area (TPSA) is 56.1 Å². The zero-order valence-electron chi connectivity index (χ0n) is 16.6. The SMILES string of the molecule is Cn1c2c(c3ccccc31)C(=O)[C@@H](S(=O)(=O)c1ccccc1)[C@H]([Si](C)(C)C)C2. The lowest BCUT2D eigenvalue weighted by molar-refractivity contribution is 0.0976. The first-order chi connectivity index (χ1) is 13.1. The Morgan fingerprint density at radius 1 is 0.964 bits per heavy atom. The minimum absolute atomic E-state index is 0.166. The molecule has 6 heteroatoms. The van der Waals surface area contributed by atoms with Crippen molar-refractivity contribution in [3.8, 4) is 0 Å². The molecule has 2 atom stereocenters. The smallest absolute Gasteiger partial charge is 0.188 e. The zero-order chi connectivity index (χ0) is 20.3. The van der Waals surface area contributed by atoms with Gasteiger partial charge in [-0.3, -0.25) is 4.79 Å². The highest BCUT2D eigenvalue weighted by atomic mass is 32.2. The van der Waals surface area contributed by atoms with Crippen LogP contribution in [-0.2, 0) is 23.3 Å². The molecule has 0 amide bonds. The van der Waals surface area contributed by atoms with Crippen LogP contribution in [0.15, 0.2) is 59.5 Å². The Hall–Kier alpha value is -2.18. The molecule has 0 saturated heterocycles. The van der Waals surface area contributed by atoms with Crippen molar-refractivity contribution in [3.05, 3.63) is 65.9 Å². The summed E-state index contributed by atoms with van der Waals surface area (Å²) in [6.07, 6.45) is 0.624. The average Bonchev–Trinajstić information content (AvgIpc) is 2.94. The van der Waals surface area contributed by atoms with Crippen LogP contribution < -0.4 is 0 Å². The Balaban J connectivity index is 1.99. The minimum Gasteiger partial charge on any atom is -0.347 e. The van der Waals surface area contributed by atoms with E-state index in [9.17, 15) is 13.2 Å². The number of sulfone groups is 1. The summed E-state index contributed by atoms with van der Waals surface area (Å²) in [5, 5.41) is -0.160. The van der Waals surface area contributed by atoms with Gasteiger partial charge >= 0.3 is 0 Å². The summed E-state index contributed by atoms with van der Waals surface area (Å²) < 4.78 is 29.3. The molecule has 1 aromatic heterocycles. The van der Waals surface area contributed by atoms with Gasteiger partial charge in [0.25, 0.3) is 0 Å². The lowest BCUT2D eigenvalue weighted by Crippen LogP contribution is -2.48. The summed E-state index contributed by atoms with van der Waals surface area (Å²) in [6.45, 7) is 6.48. The number of hydrogen-bond donors (Lipinski definition) is 0. The van der Waals surface area contributed by atoms with Crippen LogP contribution in [0.2, 0.25) is 25.2 Å². The van der Waals surface area contributed by atoms with E-state index < -0.39 is 23.2 Å². The number of hydrogen-bond acceptors (Lipinski definition) is 3. The highest BCUT2D eigenvalue weighted by molar-refractivity contribution is 7.93. The van der Waals surface area contributed by atoms with Crippen LogP contribution in [0.25, 0.3) is 10.9 Å². The molecule has 0 spiro atoms. The number of aromatic nitrogens is 1. The largest absolute Gasteiger partial charge is 0.347 e. The highest BCUT2D eigenvalue weighted by Crippen LogP contribution is 2.44. The van der Waals surface area contributed by atoms with E-state index in [1.807, 2.05) is 31.3 Å². The quantitative estimate of drug-likeness (QED) is 0.598. The lowest BCUT2D eigenvalue weighted by atomic mass is 9.93. The standard InChI is InChI=1S/C22H25NO3SSi/c1-23-17-13-9-8-12-16(17)20-18(23)14-19(28(2,3)4)22(21(20)24)27(25,26)15-10-6-5-7-11-15/h5-13,19,22H,14H2,1-4H3/t19-,22+/m1/s1. The third kappa shape index (κ3) is 2.78. The minimum atomic E-state index is -3.77. The zero-order valence-corrected chi connectivity index (χ0v) is 18.5. The number of fused-ring (bicyclic) bond motifs is 3. The molecule has 0 radical (unpaired) electrons. The molecule has 1 aliphatic carbocycles. The first kappa shape index (κ1) is 19.1.